The first-order chi connectivity index (χ1) is 8.99. The maximum atomic E-state index is 12.4. The van der Waals surface area contributed by atoms with E-state index in [0.29, 0.717) is 12.3 Å². The molecule has 1 N–H and O–H groups in total. The van der Waals surface area contributed by atoms with Gasteiger partial charge in [0.25, 0.3) is 9.84 Å². The van der Waals surface area contributed by atoms with Gasteiger partial charge in [0.15, 0.2) is 0 Å². The Kier molecular flexibility index (Phi) is 4.70. The second-order valence-electron chi connectivity index (χ2n) is 4.92. The summed E-state index contributed by atoms with van der Waals surface area (Å²) in [6.07, 6.45) is 0. The Balaban J connectivity index is 2.96. The Bertz CT molecular complexity index is 550. The van der Waals surface area contributed by atoms with Gasteiger partial charge in [-0.2, -0.15) is 13.2 Å². The molecule has 0 radical (unpaired) electrons. The van der Waals surface area contributed by atoms with E-state index in [4.69, 9.17) is 4.74 Å². The number of nitrogens with one attached hydrogen (secondary N) is 1. The quantitative estimate of drug-likeness (QED) is 0.908. The number of anilines is 1. The van der Waals surface area contributed by atoms with Crippen LogP contribution >= 0.6 is 0 Å². The molecule has 0 amide bonds. The molecule has 0 unspecified atom stereocenters. The monoisotopic (exact) mass is 311 g/mol. The summed E-state index contributed by atoms with van der Waals surface area (Å²) in [5.41, 5.74) is -5.22. The molecule has 0 aliphatic rings. The van der Waals surface area contributed by atoms with Crippen molar-refractivity contribution in [3.05, 3.63) is 24.3 Å². The number of benzene rings is 1. The molecule has 1 aromatic rings. The third-order valence-electron chi connectivity index (χ3n) is 2.46. The van der Waals surface area contributed by atoms with Crippen LogP contribution in [0.25, 0.3) is 0 Å². The Labute approximate surface area is 115 Å². The van der Waals surface area contributed by atoms with Gasteiger partial charge in [-0.1, -0.05) is 0 Å². The van der Waals surface area contributed by atoms with Crippen molar-refractivity contribution in [2.24, 2.45) is 0 Å². The molecule has 0 aliphatic carbocycles. The van der Waals surface area contributed by atoms with Crippen LogP contribution in [0.4, 0.5) is 18.9 Å². The molecule has 0 saturated carbocycles. The normalized spacial score (nSPS) is 13.3. The molecular formula is C12H16F3NO3S. The standard InChI is InChI=1S/C12H16F3NO3S/c1-11(2,8-19-3)16-9-4-6-10(7-5-9)20(17,18)12(13,14)15/h4-7,16H,8H2,1-3H3. The van der Waals surface area contributed by atoms with Crippen LogP contribution in [0.2, 0.25) is 0 Å². The predicted octanol–water partition coefficient (Wildman–Crippen LogP) is 2.82. The summed E-state index contributed by atoms with van der Waals surface area (Å²) in [4.78, 5) is -0.778. The third kappa shape index (κ3) is 3.86. The number of rotatable bonds is 5. The van der Waals surface area contributed by atoms with Crippen molar-refractivity contribution >= 4 is 15.5 Å². The van der Waals surface area contributed by atoms with Gasteiger partial charge < -0.3 is 10.1 Å². The molecule has 0 bridgehead atoms. The van der Waals surface area contributed by atoms with Crippen molar-refractivity contribution in [2.75, 3.05) is 19.0 Å². The van der Waals surface area contributed by atoms with Crippen LogP contribution in [-0.2, 0) is 14.6 Å². The van der Waals surface area contributed by atoms with E-state index in [0.717, 1.165) is 12.1 Å². The molecule has 0 fully saturated rings. The first kappa shape index (κ1) is 16.8. The fourth-order valence-electron chi connectivity index (χ4n) is 1.64. The highest BCUT2D eigenvalue weighted by molar-refractivity contribution is 7.92. The molecule has 114 valence electrons. The van der Waals surface area contributed by atoms with Gasteiger partial charge in [-0.15, -0.1) is 0 Å². The number of hydrogen-bond donors (Lipinski definition) is 1. The highest BCUT2D eigenvalue weighted by Crippen LogP contribution is 2.30. The Hall–Kier alpha value is -1.28. The summed E-state index contributed by atoms with van der Waals surface area (Å²) in [6, 6.07) is 4.42. The Morgan fingerprint density at radius 2 is 1.65 bits per heavy atom. The highest BCUT2D eigenvalue weighted by atomic mass is 32.2. The molecule has 0 saturated heterocycles. The van der Waals surface area contributed by atoms with Gasteiger partial charge in [0, 0.05) is 12.8 Å². The molecule has 8 heteroatoms. The van der Waals surface area contributed by atoms with Crippen molar-refractivity contribution in [3.8, 4) is 0 Å². The first-order valence-electron chi connectivity index (χ1n) is 5.68. The minimum absolute atomic E-state index is 0.385. The van der Waals surface area contributed by atoms with Crippen LogP contribution in [-0.4, -0.2) is 33.2 Å². The van der Waals surface area contributed by atoms with Gasteiger partial charge in [0.2, 0.25) is 0 Å². The number of alkyl halides is 3. The van der Waals surface area contributed by atoms with E-state index in [2.05, 4.69) is 5.32 Å². The fourth-order valence-corrected chi connectivity index (χ4v) is 2.40. The number of halogens is 3. The molecule has 0 aliphatic heterocycles. The maximum Gasteiger partial charge on any atom is 0.501 e. The van der Waals surface area contributed by atoms with Gasteiger partial charge in [0.05, 0.1) is 17.0 Å². The Morgan fingerprint density at radius 1 is 1.15 bits per heavy atom. The van der Waals surface area contributed by atoms with Crippen molar-refractivity contribution < 1.29 is 26.3 Å². The van der Waals surface area contributed by atoms with E-state index >= 15 is 0 Å². The molecule has 4 nitrogen and oxygen atoms in total. The summed E-state index contributed by atoms with van der Waals surface area (Å²) in [6.45, 7) is 4.07. The lowest BCUT2D eigenvalue weighted by Gasteiger charge is -2.26. The number of sulfone groups is 1. The second-order valence-corrected chi connectivity index (χ2v) is 6.86. The van der Waals surface area contributed by atoms with Crippen LogP contribution < -0.4 is 5.32 Å². The summed E-state index contributed by atoms with van der Waals surface area (Å²) in [5.74, 6) is 0. The zero-order valence-corrected chi connectivity index (χ0v) is 12.1. The summed E-state index contributed by atoms with van der Waals surface area (Å²) < 4.78 is 64.5. The minimum atomic E-state index is -5.30. The van der Waals surface area contributed by atoms with Crippen molar-refractivity contribution in [3.63, 3.8) is 0 Å². The average molecular weight is 311 g/mol. The van der Waals surface area contributed by atoms with E-state index in [9.17, 15) is 21.6 Å². The summed E-state index contributed by atoms with van der Waals surface area (Å²) >= 11 is 0. The number of hydrogen-bond acceptors (Lipinski definition) is 4. The van der Waals surface area contributed by atoms with E-state index < -0.39 is 25.8 Å². The number of ether oxygens (including phenoxy) is 1. The first-order valence-corrected chi connectivity index (χ1v) is 7.16. The lowest BCUT2D eigenvalue weighted by Crippen LogP contribution is -2.35. The molecule has 0 heterocycles. The molecule has 0 spiro atoms. The molecule has 1 rings (SSSR count). The van der Waals surface area contributed by atoms with Gasteiger partial charge in [-0.3, -0.25) is 0 Å². The maximum absolute atomic E-state index is 12.4. The third-order valence-corrected chi connectivity index (χ3v) is 3.96. The zero-order chi connectivity index (χ0) is 15.6. The smallest absolute Gasteiger partial charge is 0.382 e. The SMILES string of the molecule is COCC(C)(C)Nc1ccc(S(=O)(=O)C(F)(F)F)cc1. The molecule has 0 atom stereocenters. The van der Waals surface area contributed by atoms with Crippen LogP contribution in [0.1, 0.15) is 13.8 Å². The minimum Gasteiger partial charge on any atom is -0.382 e. The zero-order valence-electron chi connectivity index (χ0n) is 11.3. The van der Waals surface area contributed by atoms with E-state index in [1.165, 1.54) is 19.2 Å². The van der Waals surface area contributed by atoms with Gasteiger partial charge >= 0.3 is 5.51 Å². The van der Waals surface area contributed by atoms with Crippen molar-refractivity contribution in [2.45, 2.75) is 29.8 Å². The van der Waals surface area contributed by atoms with Crippen LogP contribution in [0, 0.1) is 0 Å². The van der Waals surface area contributed by atoms with Gasteiger partial charge in [0.1, 0.15) is 0 Å². The van der Waals surface area contributed by atoms with E-state index in [-0.39, 0.29) is 0 Å². The van der Waals surface area contributed by atoms with Crippen molar-refractivity contribution in [1.29, 1.82) is 0 Å². The average Bonchev–Trinajstić information content (AvgIpc) is 2.27. The van der Waals surface area contributed by atoms with Gasteiger partial charge in [-0.05, 0) is 38.1 Å². The molecular weight excluding hydrogens is 295 g/mol. The Morgan fingerprint density at radius 3 is 2.05 bits per heavy atom. The molecule has 0 aromatic heterocycles. The fraction of sp³-hybridized carbons (Fsp3) is 0.500. The predicted molar refractivity (Wildman–Crippen MR) is 69.3 cm³/mol. The summed E-state index contributed by atoms with van der Waals surface area (Å²) in [5, 5.41) is 3.04. The van der Waals surface area contributed by atoms with Crippen LogP contribution in [0.5, 0.6) is 0 Å². The highest BCUT2D eigenvalue weighted by Gasteiger charge is 2.46. The van der Waals surface area contributed by atoms with E-state index in [1.54, 1.807) is 0 Å². The molecule has 1 aromatic carbocycles. The second kappa shape index (κ2) is 5.61. The number of methoxy groups -OCH3 is 1. The van der Waals surface area contributed by atoms with E-state index in [1.807, 2.05) is 13.8 Å². The van der Waals surface area contributed by atoms with Crippen LogP contribution in [0.3, 0.4) is 0 Å². The van der Waals surface area contributed by atoms with Gasteiger partial charge in [-0.25, -0.2) is 8.42 Å². The summed E-state index contributed by atoms with van der Waals surface area (Å²) in [7, 11) is -3.77. The lowest BCUT2D eigenvalue weighted by molar-refractivity contribution is -0.0436. The van der Waals surface area contributed by atoms with Crippen molar-refractivity contribution in [1.82, 2.24) is 0 Å². The topological polar surface area (TPSA) is 55.4 Å². The largest absolute Gasteiger partial charge is 0.501 e. The van der Waals surface area contributed by atoms with Crippen LogP contribution in [0.15, 0.2) is 29.2 Å². The molecule has 20 heavy (non-hydrogen) atoms. The lowest BCUT2D eigenvalue weighted by atomic mass is 10.1.